The summed E-state index contributed by atoms with van der Waals surface area (Å²) in [5.41, 5.74) is 3.29. The van der Waals surface area contributed by atoms with Gasteiger partial charge in [-0.1, -0.05) is 95.7 Å². The van der Waals surface area contributed by atoms with Gasteiger partial charge < -0.3 is 0 Å². The molecule has 3 aromatic carbocycles. The largest absolute Gasteiger partial charge is 0.234 e. The lowest BCUT2D eigenvalue weighted by Crippen LogP contribution is -2.04. The Morgan fingerprint density at radius 1 is 0.786 bits per heavy atom. The zero-order chi connectivity index (χ0) is 18.9. The van der Waals surface area contributed by atoms with E-state index in [0.29, 0.717) is 10.8 Å². The van der Waals surface area contributed by atoms with Gasteiger partial charge in [-0.2, -0.15) is 9.61 Å². The Hall–Kier alpha value is -3.02. The Bertz CT molecular complexity index is 1190. The van der Waals surface area contributed by atoms with E-state index < -0.39 is 0 Å². The summed E-state index contributed by atoms with van der Waals surface area (Å²) in [7, 11) is 0. The van der Waals surface area contributed by atoms with E-state index in [1.165, 1.54) is 11.1 Å². The van der Waals surface area contributed by atoms with Crippen LogP contribution in [0.15, 0.2) is 84.9 Å². The van der Waals surface area contributed by atoms with Crippen LogP contribution in [0, 0.1) is 0 Å². The van der Waals surface area contributed by atoms with E-state index in [1.807, 2.05) is 40.9 Å². The van der Waals surface area contributed by atoms with Crippen LogP contribution in [-0.4, -0.2) is 19.8 Å². The predicted molar refractivity (Wildman–Crippen MR) is 113 cm³/mol. The summed E-state index contributed by atoms with van der Waals surface area (Å²) in [6, 6.07) is 28.4. The van der Waals surface area contributed by atoms with Gasteiger partial charge in [-0.3, -0.25) is 0 Å². The van der Waals surface area contributed by atoms with Crippen LogP contribution in [0.3, 0.4) is 0 Å². The summed E-state index contributed by atoms with van der Waals surface area (Å²) in [5.74, 6) is 0.737. The predicted octanol–water partition coefficient (Wildman–Crippen LogP) is 5.69. The molecule has 0 amide bonds. The molecule has 0 aliphatic heterocycles. The summed E-state index contributed by atoms with van der Waals surface area (Å²) < 4.78 is 1.81. The maximum Gasteiger partial charge on any atom is 0.234 e. The Labute approximate surface area is 171 Å². The second-order valence-corrected chi connectivity index (χ2v) is 7.85. The molecule has 2 aromatic heterocycles. The van der Waals surface area contributed by atoms with Crippen molar-refractivity contribution in [3.8, 4) is 11.4 Å². The Kier molecular flexibility index (Phi) is 4.39. The molecule has 136 valence electrons. The first-order valence-corrected chi connectivity index (χ1v) is 10.1. The fourth-order valence-electron chi connectivity index (χ4n) is 3.32. The molecule has 0 fully saturated rings. The van der Waals surface area contributed by atoms with Crippen LogP contribution in [0.4, 0.5) is 0 Å². The number of benzene rings is 3. The molecule has 0 radical (unpaired) electrons. The lowest BCUT2D eigenvalue weighted by atomic mass is 9.92. The van der Waals surface area contributed by atoms with E-state index in [2.05, 4.69) is 58.7 Å². The zero-order valence-corrected chi connectivity index (χ0v) is 16.3. The van der Waals surface area contributed by atoms with E-state index in [0.717, 1.165) is 15.5 Å². The third kappa shape index (κ3) is 3.09. The van der Waals surface area contributed by atoms with Gasteiger partial charge in [-0.05, 0) is 23.3 Å². The highest BCUT2D eigenvalue weighted by Gasteiger charge is 2.23. The van der Waals surface area contributed by atoms with Crippen molar-refractivity contribution in [1.82, 2.24) is 19.8 Å². The van der Waals surface area contributed by atoms with E-state index >= 15 is 0 Å². The number of fused-ring (bicyclic) bond motifs is 1. The number of rotatable bonds is 4. The van der Waals surface area contributed by atoms with E-state index in [-0.39, 0.29) is 5.92 Å². The van der Waals surface area contributed by atoms with Crippen molar-refractivity contribution in [3.63, 3.8) is 0 Å². The van der Waals surface area contributed by atoms with Gasteiger partial charge in [0.05, 0.1) is 5.92 Å². The molecular weight excluding hydrogens is 388 g/mol. The Morgan fingerprint density at radius 3 is 2.11 bits per heavy atom. The molecule has 0 saturated heterocycles. The van der Waals surface area contributed by atoms with Crippen LogP contribution >= 0.6 is 22.9 Å². The van der Waals surface area contributed by atoms with Crippen molar-refractivity contribution in [3.05, 3.63) is 106 Å². The van der Waals surface area contributed by atoms with Gasteiger partial charge in [-0.25, -0.2) is 0 Å². The molecule has 0 atom stereocenters. The average Bonchev–Trinajstić information content (AvgIpc) is 3.31. The van der Waals surface area contributed by atoms with Crippen LogP contribution in [-0.2, 0) is 0 Å². The van der Waals surface area contributed by atoms with E-state index in [9.17, 15) is 0 Å². The first-order chi connectivity index (χ1) is 13.8. The molecule has 0 unspecified atom stereocenters. The standard InChI is InChI=1S/C22H15ClN4S/c23-18-13-7-12-17(14-18)20-24-25-22-27(20)26-21(28-22)19(15-8-3-1-4-9-15)16-10-5-2-6-11-16/h1-14,19H. The minimum absolute atomic E-state index is 0.0429. The molecule has 0 spiro atoms. The van der Waals surface area contributed by atoms with Crippen molar-refractivity contribution in [2.75, 3.05) is 0 Å². The molecule has 0 N–H and O–H groups in total. The Balaban J connectivity index is 1.66. The van der Waals surface area contributed by atoms with Crippen LogP contribution < -0.4 is 0 Å². The summed E-state index contributed by atoms with van der Waals surface area (Å²) in [6.07, 6.45) is 0. The minimum atomic E-state index is 0.0429. The van der Waals surface area contributed by atoms with Gasteiger partial charge in [-0.15, -0.1) is 10.2 Å². The van der Waals surface area contributed by atoms with Crippen LogP contribution in [0.1, 0.15) is 22.1 Å². The van der Waals surface area contributed by atoms with Crippen molar-refractivity contribution in [2.24, 2.45) is 0 Å². The third-order valence-electron chi connectivity index (χ3n) is 4.60. The maximum atomic E-state index is 6.15. The highest BCUT2D eigenvalue weighted by atomic mass is 35.5. The number of aromatic nitrogens is 4. The van der Waals surface area contributed by atoms with Gasteiger partial charge in [0, 0.05) is 10.6 Å². The Morgan fingerprint density at radius 2 is 1.46 bits per heavy atom. The topological polar surface area (TPSA) is 43.1 Å². The van der Waals surface area contributed by atoms with Crippen molar-refractivity contribution in [1.29, 1.82) is 0 Å². The summed E-state index contributed by atoms with van der Waals surface area (Å²) in [5, 5.41) is 15.2. The first-order valence-electron chi connectivity index (χ1n) is 8.87. The molecule has 5 rings (SSSR count). The van der Waals surface area contributed by atoms with Crippen LogP contribution in [0.5, 0.6) is 0 Å². The van der Waals surface area contributed by atoms with Crippen molar-refractivity contribution < 1.29 is 0 Å². The SMILES string of the molecule is Clc1cccc(-c2nnc3sc(C(c4ccccc4)c4ccccc4)nn23)c1. The molecule has 0 aliphatic carbocycles. The van der Waals surface area contributed by atoms with Gasteiger partial charge >= 0.3 is 0 Å². The molecule has 6 heteroatoms. The van der Waals surface area contributed by atoms with E-state index in [4.69, 9.17) is 16.7 Å². The van der Waals surface area contributed by atoms with Gasteiger partial charge in [0.2, 0.25) is 4.96 Å². The van der Waals surface area contributed by atoms with Crippen LogP contribution in [0.2, 0.25) is 5.02 Å². The van der Waals surface area contributed by atoms with Crippen LogP contribution in [0.25, 0.3) is 16.3 Å². The number of hydrogen-bond donors (Lipinski definition) is 0. The summed E-state index contributed by atoms with van der Waals surface area (Å²) in [6.45, 7) is 0. The van der Waals surface area contributed by atoms with Gasteiger partial charge in [0.15, 0.2) is 5.82 Å². The summed E-state index contributed by atoms with van der Waals surface area (Å²) >= 11 is 7.71. The minimum Gasteiger partial charge on any atom is -0.183 e. The van der Waals surface area contributed by atoms with Gasteiger partial charge in [0.25, 0.3) is 0 Å². The molecular formula is C22H15ClN4S. The molecule has 5 aromatic rings. The quantitative estimate of drug-likeness (QED) is 0.388. The monoisotopic (exact) mass is 402 g/mol. The normalized spacial score (nSPS) is 11.4. The number of nitrogens with zero attached hydrogens (tertiary/aromatic N) is 4. The average molecular weight is 403 g/mol. The van der Waals surface area contributed by atoms with Gasteiger partial charge in [0.1, 0.15) is 5.01 Å². The second kappa shape index (κ2) is 7.19. The number of halogens is 1. The smallest absolute Gasteiger partial charge is 0.183 e. The fraction of sp³-hybridized carbons (Fsp3) is 0.0455. The second-order valence-electron chi connectivity index (χ2n) is 6.42. The highest BCUT2D eigenvalue weighted by molar-refractivity contribution is 7.16. The molecule has 0 saturated carbocycles. The van der Waals surface area contributed by atoms with Crippen molar-refractivity contribution >= 4 is 27.9 Å². The maximum absolute atomic E-state index is 6.15. The number of hydrogen-bond acceptors (Lipinski definition) is 4. The summed E-state index contributed by atoms with van der Waals surface area (Å²) in [4.78, 5) is 0.766. The van der Waals surface area contributed by atoms with Crippen molar-refractivity contribution in [2.45, 2.75) is 5.92 Å². The lowest BCUT2D eigenvalue weighted by Gasteiger charge is -2.15. The lowest BCUT2D eigenvalue weighted by molar-refractivity contribution is 0.863. The molecule has 28 heavy (non-hydrogen) atoms. The molecule has 0 bridgehead atoms. The fourth-order valence-corrected chi connectivity index (χ4v) is 4.51. The molecule has 0 aliphatic rings. The zero-order valence-electron chi connectivity index (χ0n) is 14.7. The third-order valence-corrected chi connectivity index (χ3v) is 5.80. The first kappa shape index (κ1) is 17.1. The van der Waals surface area contributed by atoms with E-state index in [1.54, 1.807) is 11.3 Å². The highest BCUT2D eigenvalue weighted by Crippen LogP contribution is 2.35. The molecule has 2 heterocycles. The molecule has 4 nitrogen and oxygen atoms in total.